The second-order valence-corrected chi connectivity index (χ2v) is 9.44. The molecule has 34 heavy (non-hydrogen) atoms. The van der Waals surface area contributed by atoms with Crippen LogP contribution in [0.15, 0.2) is 53.9 Å². The van der Waals surface area contributed by atoms with Gasteiger partial charge in [-0.2, -0.15) is 4.98 Å². The minimum atomic E-state index is -0.432. The maximum atomic E-state index is 13.0. The molecule has 9 heteroatoms. The van der Waals surface area contributed by atoms with Crippen LogP contribution in [0.25, 0.3) is 16.2 Å². The van der Waals surface area contributed by atoms with Crippen molar-refractivity contribution in [2.45, 2.75) is 38.1 Å². The van der Waals surface area contributed by atoms with Gasteiger partial charge in [0.2, 0.25) is 4.96 Å². The summed E-state index contributed by atoms with van der Waals surface area (Å²) in [4.78, 5) is 45.3. The molecule has 0 atom stereocenters. The highest BCUT2D eigenvalue weighted by Gasteiger charge is 2.40. The average Bonchev–Trinajstić information content (AvgIpc) is 3.51. The van der Waals surface area contributed by atoms with E-state index in [-0.39, 0.29) is 34.9 Å². The van der Waals surface area contributed by atoms with E-state index in [4.69, 9.17) is 0 Å². The number of nitrogens with zero attached hydrogens (tertiary/aromatic N) is 4. The SMILES string of the molecule is O=C(Nc1nc2scc(-c3ccccc3)n2n1)c1ccc2c(c1)C(=O)N(C1CCCCC1)C2=O. The van der Waals surface area contributed by atoms with Crippen LogP contribution in [0.3, 0.4) is 0 Å². The maximum Gasteiger partial charge on any atom is 0.261 e. The van der Waals surface area contributed by atoms with Gasteiger partial charge in [0.1, 0.15) is 0 Å². The maximum absolute atomic E-state index is 13.0. The second-order valence-electron chi connectivity index (χ2n) is 8.60. The van der Waals surface area contributed by atoms with Crippen LogP contribution in [0.5, 0.6) is 0 Å². The first-order chi connectivity index (χ1) is 16.6. The van der Waals surface area contributed by atoms with Crippen molar-refractivity contribution in [2.24, 2.45) is 0 Å². The van der Waals surface area contributed by atoms with Gasteiger partial charge in [0.05, 0.1) is 16.8 Å². The molecule has 1 N–H and O–H groups in total. The van der Waals surface area contributed by atoms with Gasteiger partial charge in [-0.15, -0.1) is 16.4 Å². The number of fused-ring (bicyclic) bond motifs is 2. The Hall–Kier alpha value is -3.85. The zero-order chi connectivity index (χ0) is 23.2. The number of thiazole rings is 1. The lowest BCUT2D eigenvalue weighted by Gasteiger charge is -2.29. The molecule has 0 spiro atoms. The summed E-state index contributed by atoms with van der Waals surface area (Å²) in [5.41, 5.74) is 2.82. The highest BCUT2D eigenvalue weighted by atomic mass is 32.1. The van der Waals surface area contributed by atoms with Crippen molar-refractivity contribution in [1.82, 2.24) is 19.5 Å². The molecular formula is C25H21N5O3S. The molecule has 4 aromatic rings. The number of benzene rings is 2. The summed E-state index contributed by atoms with van der Waals surface area (Å²) in [5.74, 6) is -0.822. The third-order valence-corrected chi connectivity index (χ3v) is 7.31. The molecule has 0 bridgehead atoms. The molecule has 0 unspecified atom stereocenters. The molecule has 0 saturated heterocycles. The normalized spacial score (nSPS) is 16.3. The molecular weight excluding hydrogens is 450 g/mol. The standard InChI is InChI=1S/C25H21N5O3S/c31-21(26-24-27-25-30(28-24)20(14-34-25)15-7-3-1-4-8-15)16-11-12-18-19(13-16)23(33)29(22(18)32)17-9-5-2-6-10-17/h1,3-4,7-8,11-14,17H,2,5-6,9-10H2,(H,26,28,31). The van der Waals surface area contributed by atoms with Crippen LogP contribution >= 0.6 is 11.3 Å². The topological polar surface area (TPSA) is 96.7 Å². The summed E-state index contributed by atoms with van der Waals surface area (Å²) in [5, 5.41) is 9.13. The largest absolute Gasteiger partial charge is 0.289 e. The van der Waals surface area contributed by atoms with E-state index in [1.54, 1.807) is 16.6 Å². The fourth-order valence-electron chi connectivity index (χ4n) is 4.79. The van der Waals surface area contributed by atoms with E-state index in [0.717, 1.165) is 43.4 Å². The van der Waals surface area contributed by atoms with Crippen molar-refractivity contribution in [3.8, 4) is 11.3 Å². The third kappa shape index (κ3) is 3.40. The van der Waals surface area contributed by atoms with Crippen molar-refractivity contribution in [2.75, 3.05) is 5.32 Å². The van der Waals surface area contributed by atoms with Gasteiger partial charge in [-0.05, 0) is 31.0 Å². The fraction of sp³-hybridized carbons (Fsp3) is 0.240. The number of hydrogen-bond donors (Lipinski definition) is 1. The average molecular weight is 472 g/mol. The van der Waals surface area contributed by atoms with Gasteiger partial charge in [0.15, 0.2) is 0 Å². The van der Waals surface area contributed by atoms with Crippen molar-refractivity contribution < 1.29 is 14.4 Å². The van der Waals surface area contributed by atoms with Gasteiger partial charge in [0, 0.05) is 22.5 Å². The van der Waals surface area contributed by atoms with Crippen molar-refractivity contribution in [1.29, 1.82) is 0 Å². The minimum Gasteiger partial charge on any atom is -0.289 e. The first-order valence-electron chi connectivity index (χ1n) is 11.3. The zero-order valence-electron chi connectivity index (χ0n) is 18.2. The van der Waals surface area contributed by atoms with Gasteiger partial charge in [-0.3, -0.25) is 24.6 Å². The highest BCUT2D eigenvalue weighted by molar-refractivity contribution is 7.15. The molecule has 2 aromatic carbocycles. The molecule has 0 radical (unpaired) electrons. The van der Waals surface area contributed by atoms with Crippen molar-refractivity contribution in [3.63, 3.8) is 0 Å². The van der Waals surface area contributed by atoms with Crippen LogP contribution in [0.1, 0.15) is 63.2 Å². The Morgan fingerprint density at radius 2 is 1.74 bits per heavy atom. The number of aromatic nitrogens is 3. The molecule has 2 aliphatic rings. The molecule has 8 nitrogen and oxygen atoms in total. The highest BCUT2D eigenvalue weighted by Crippen LogP contribution is 2.32. The summed E-state index contributed by atoms with van der Waals surface area (Å²) in [6, 6.07) is 14.4. The Labute approximate surface area is 199 Å². The van der Waals surface area contributed by atoms with E-state index in [2.05, 4.69) is 15.4 Å². The molecule has 1 aliphatic carbocycles. The number of hydrogen-bond acceptors (Lipinski definition) is 6. The minimum absolute atomic E-state index is 0.0556. The number of amides is 3. The van der Waals surface area contributed by atoms with Crippen LogP contribution < -0.4 is 5.32 Å². The quantitative estimate of drug-likeness (QED) is 0.438. The smallest absolute Gasteiger partial charge is 0.261 e. The Morgan fingerprint density at radius 1 is 0.971 bits per heavy atom. The van der Waals surface area contributed by atoms with Crippen LogP contribution in [0.4, 0.5) is 5.95 Å². The number of carbonyl (C=O) groups is 3. The van der Waals surface area contributed by atoms with Crippen LogP contribution in [-0.2, 0) is 0 Å². The van der Waals surface area contributed by atoms with Crippen LogP contribution in [0.2, 0.25) is 0 Å². The van der Waals surface area contributed by atoms with E-state index >= 15 is 0 Å². The summed E-state index contributed by atoms with van der Waals surface area (Å²) in [6.07, 6.45) is 4.86. The van der Waals surface area contributed by atoms with E-state index in [0.29, 0.717) is 10.5 Å². The van der Waals surface area contributed by atoms with Crippen LogP contribution in [0, 0.1) is 0 Å². The summed E-state index contributed by atoms with van der Waals surface area (Å²) in [7, 11) is 0. The summed E-state index contributed by atoms with van der Waals surface area (Å²) in [6.45, 7) is 0. The Kier molecular flexibility index (Phi) is 4.99. The second kappa shape index (κ2) is 8.18. The predicted octanol–water partition coefficient (Wildman–Crippen LogP) is 4.64. The fourth-order valence-corrected chi connectivity index (χ4v) is 5.62. The van der Waals surface area contributed by atoms with Gasteiger partial charge in [0.25, 0.3) is 23.7 Å². The number of anilines is 1. The first-order valence-corrected chi connectivity index (χ1v) is 12.2. The van der Waals surface area contributed by atoms with E-state index in [1.165, 1.54) is 22.3 Å². The third-order valence-electron chi connectivity index (χ3n) is 6.50. The van der Waals surface area contributed by atoms with Crippen LogP contribution in [-0.4, -0.2) is 43.3 Å². The molecule has 170 valence electrons. The zero-order valence-corrected chi connectivity index (χ0v) is 19.0. The molecule has 1 saturated carbocycles. The monoisotopic (exact) mass is 471 g/mol. The first kappa shape index (κ1) is 20.7. The van der Waals surface area contributed by atoms with Gasteiger partial charge >= 0.3 is 0 Å². The van der Waals surface area contributed by atoms with E-state index < -0.39 is 5.91 Å². The van der Waals surface area contributed by atoms with Crippen molar-refractivity contribution in [3.05, 3.63) is 70.6 Å². The Bertz CT molecular complexity index is 1440. The van der Waals surface area contributed by atoms with E-state index in [9.17, 15) is 14.4 Å². The predicted molar refractivity (Wildman–Crippen MR) is 128 cm³/mol. The number of carbonyl (C=O) groups excluding carboxylic acids is 3. The lowest BCUT2D eigenvalue weighted by atomic mass is 9.94. The molecule has 6 rings (SSSR count). The number of nitrogens with one attached hydrogen (secondary N) is 1. The van der Waals surface area contributed by atoms with E-state index in [1.807, 2.05) is 35.7 Å². The molecule has 1 fully saturated rings. The number of imide groups is 1. The van der Waals surface area contributed by atoms with Gasteiger partial charge < -0.3 is 0 Å². The van der Waals surface area contributed by atoms with Gasteiger partial charge in [-0.1, -0.05) is 49.6 Å². The lowest BCUT2D eigenvalue weighted by Crippen LogP contribution is -2.40. The lowest BCUT2D eigenvalue weighted by molar-refractivity contribution is 0.0549. The molecule has 3 amide bonds. The Balaban J connectivity index is 1.24. The van der Waals surface area contributed by atoms with Crippen molar-refractivity contribution >= 4 is 40.0 Å². The summed E-state index contributed by atoms with van der Waals surface area (Å²) < 4.78 is 1.70. The molecule has 2 aromatic heterocycles. The van der Waals surface area contributed by atoms with Gasteiger partial charge in [-0.25, -0.2) is 4.52 Å². The number of rotatable bonds is 4. The Morgan fingerprint density at radius 3 is 2.53 bits per heavy atom. The molecule has 3 heterocycles. The summed E-state index contributed by atoms with van der Waals surface area (Å²) >= 11 is 1.43. The molecule has 1 aliphatic heterocycles.